The van der Waals surface area contributed by atoms with E-state index in [1.165, 1.54) is 0 Å². The molecule has 0 bridgehead atoms. The fraction of sp³-hybridized carbons (Fsp3) is 0.429. The first-order valence-corrected chi connectivity index (χ1v) is 4.85. The molecule has 4 heteroatoms. The zero-order chi connectivity index (χ0) is 8.10. The highest BCUT2D eigenvalue weighted by molar-refractivity contribution is 9.09. The van der Waals surface area contributed by atoms with Gasteiger partial charge in [0.1, 0.15) is 5.15 Å². The summed E-state index contributed by atoms with van der Waals surface area (Å²) in [5.74, 6) is 0. The molecule has 0 aromatic carbocycles. The molecule has 0 radical (unpaired) electrons. The number of hydrogen-bond donors (Lipinski definition) is 0. The maximum absolute atomic E-state index is 5.56. The van der Waals surface area contributed by atoms with E-state index >= 15 is 0 Å². The van der Waals surface area contributed by atoms with Gasteiger partial charge in [0.15, 0.2) is 0 Å². The molecule has 0 N–H and O–H groups in total. The molecule has 0 spiro atoms. The van der Waals surface area contributed by atoms with Crippen LogP contribution < -0.4 is 0 Å². The highest BCUT2D eigenvalue weighted by Gasteiger charge is 1.94. The van der Waals surface area contributed by atoms with Gasteiger partial charge in [0.05, 0.1) is 18.1 Å². The predicted octanol–water partition coefficient (Wildman–Crippen LogP) is 2.46. The molecule has 0 aliphatic rings. The van der Waals surface area contributed by atoms with E-state index in [0.717, 1.165) is 23.9 Å². The van der Waals surface area contributed by atoms with Crippen LogP contribution >= 0.6 is 27.5 Å². The average molecular weight is 236 g/mol. The number of hydrogen-bond acceptors (Lipinski definition) is 2. The second-order valence-corrected chi connectivity index (χ2v) is 3.30. The molecule has 1 rings (SSSR count). The first-order valence-electron chi connectivity index (χ1n) is 3.35. The zero-order valence-electron chi connectivity index (χ0n) is 5.93. The first-order chi connectivity index (χ1) is 5.33. The van der Waals surface area contributed by atoms with Gasteiger partial charge in [0.2, 0.25) is 0 Å². The number of rotatable bonds is 3. The second kappa shape index (κ2) is 4.67. The van der Waals surface area contributed by atoms with E-state index in [2.05, 4.69) is 25.9 Å². The first kappa shape index (κ1) is 8.94. The molecule has 2 nitrogen and oxygen atoms in total. The Hall–Kier alpha value is -0.150. The Bertz CT molecular complexity index is 212. The van der Waals surface area contributed by atoms with Crippen LogP contribution in [0.15, 0.2) is 12.4 Å². The summed E-state index contributed by atoms with van der Waals surface area (Å²) in [4.78, 5) is 8.02. The lowest BCUT2D eigenvalue weighted by Crippen LogP contribution is -1.91. The Morgan fingerprint density at radius 1 is 1.36 bits per heavy atom. The molecule has 0 aliphatic carbocycles. The molecule has 0 saturated heterocycles. The Morgan fingerprint density at radius 3 is 2.73 bits per heavy atom. The van der Waals surface area contributed by atoms with Gasteiger partial charge in [-0.15, -0.1) is 0 Å². The summed E-state index contributed by atoms with van der Waals surface area (Å²) in [6.07, 6.45) is 5.32. The van der Waals surface area contributed by atoms with Crippen molar-refractivity contribution in [3.05, 3.63) is 23.2 Å². The van der Waals surface area contributed by atoms with E-state index in [0.29, 0.717) is 5.15 Å². The quantitative estimate of drug-likeness (QED) is 0.752. The van der Waals surface area contributed by atoms with E-state index in [9.17, 15) is 0 Å². The van der Waals surface area contributed by atoms with Gasteiger partial charge < -0.3 is 0 Å². The van der Waals surface area contributed by atoms with Crippen molar-refractivity contribution < 1.29 is 0 Å². The monoisotopic (exact) mass is 234 g/mol. The lowest BCUT2D eigenvalue weighted by atomic mass is 10.3. The maximum Gasteiger partial charge on any atom is 0.147 e. The highest BCUT2D eigenvalue weighted by Crippen LogP contribution is 2.03. The van der Waals surface area contributed by atoms with Crippen LogP contribution in [0, 0.1) is 0 Å². The SMILES string of the molecule is Clc1cnc(CCCBr)cn1. The molecule has 0 saturated carbocycles. The van der Waals surface area contributed by atoms with Crippen molar-refractivity contribution in [1.82, 2.24) is 9.97 Å². The van der Waals surface area contributed by atoms with Crippen molar-refractivity contribution in [3.8, 4) is 0 Å². The van der Waals surface area contributed by atoms with E-state index in [4.69, 9.17) is 11.6 Å². The van der Waals surface area contributed by atoms with Crippen molar-refractivity contribution in [1.29, 1.82) is 0 Å². The average Bonchev–Trinajstić information content (AvgIpc) is 2.04. The number of halogens is 2. The molecule has 0 atom stereocenters. The topological polar surface area (TPSA) is 25.8 Å². The number of alkyl halides is 1. The van der Waals surface area contributed by atoms with E-state index in [-0.39, 0.29) is 0 Å². The van der Waals surface area contributed by atoms with Crippen LogP contribution in [0.1, 0.15) is 12.1 Å². The standard InChI is InChI=1S/C7H8BrClN2/c8-3-1-2-6-4-11-7(9)5-10-6/h4-5H,1-3H2. The maximum atomic E-state index is 5.56. The van der Waals surface area contributed by atoms with Gasteiger partial charge in [-0.1, -0.05) is 27.5 Å². The minimum absolute atomic E-state index is 0.451. The minimum atomic E-state index is 0.451. The zero-order valence-corrected chi connectivity index (χ0v) is 8.27. The summed E-state index contributed by atoms with van der Waals surface area (Å²) >= 11 is 8.91. The van der Waals surface area contributed by atoms with Crippen LogP contribution in [-0.2, 0) is 6.42 Å². The number of nitrogens with zero attached hydrogens (tertiary/aromatic N) is 2. The summed E-state index contributed by atoms with van der Waals surface area (Å²) < 4.78 is 0. The Labute approximate surface area is 79.1 Å². The fourth-order valence-corrected chi connectivity index (χ4v) is 1.09. The predicted molar refractivity (Wildman–Crippen MR) is 49.2 cm³/mol. The highest BCUT2D eigenvalue weighted by atomic mass is 79.9. The molecule has 60 valence electrons. The smallest absolute Gasteiger partial charge is 0.147 e. The lowest BCUT2D eigenvalue weighted by Gasteiger charge is -1.95. The van der Waals surface area contributed by atoms with Crippen molar-refractivity contribution in [3.63, 3.8) is 0 Å². The van der Waals surface area contributed by atoms with Crippen LogP contribution in [0.4, 0.5) is 0 Å². The molecule has 1 heterocycles. The molecule has 1 aromatic heterocycles. The number of aromatic nitrogens is 2. The summed E-state index contributed by atoms with van der Waals surface area (Å²) in [6.45, 7) is 0. The van der Waals surface area contributed by atoms with Crippen LogP contribution in [0.3, 0.4) is 0 Å². The largest absolute Gasteiger partial charge is 0.256 e. The van der Waals surface area contributed by atoms with Gasteiger partial charge in [-0.2, -0.15) is 0 Å². The molecular weight excluding hydrogens is 227 g/mol. The van der Waals surface area contributed by atoms with Gasteiger partial charge in [-0.25, -0.2) is 4.98 Å². The van der Waals surface area contributed by atoms with Crippen LogP contribution in [0.25, 0.3) is 0 Å². The van der Waals surface area contributed by atoms with Gasteiger partial charge in [0.25, 0.3) is 0 Å². The summed E-state index contributed by atoms with van der Waals surface area (Å²) in [5, 5.41) is 1.45. The molecule has 0 unspecified atom stereocenters. The lowest BCUT2D eigenvalue weighted by molar-refractivity contribution is 0.883. The van der Waals surface area contributed by atoms with Crippen molar-refractivity contribution >= 4 is 27.5 Å². The Kier molecular flexibility index (Phi) is 3.80. The second-order valence-electron chi connectivity index (χ2n) is 2.12. The molecular formula is C7H8BrClN2. The molecule has 11 heavy (non-hydrogen) atoms. The van der Waals surface area contributed by atoms with Gasteiger partial charge in [0, 0.05) is 5.33 Å². The van der Waals surface area contributed by atoms with Gasteiger partial charge >= 0.3 is 0 Å². The normalized spacial score (nSPS) is 10.0. The molecule has 0 amide bonds. The van der Waals surface area contributed by atoms with Crippen molar-refractivity contribution in [2.45, 2.75) is 12.8 Å². The summed E-state index contributed by atoms with van der Waals surface area (Å²) in [7, 11) is 0. The molecule has 0 fully saturated rings. The van der Waals surface area contributed by atoms with E-state index in [1.54, 1.807) is 12.4 Å². The van der Waals surface area contributed by atoms with Crippen molar-refractivity contribution in [2.24, 2.45) is 0 Å². The van der Waals surface area contributed by atoms with Gasteiger partial charge in [-0.3, -0.25) is 4.98 Å². The minimum Gasteiger partial charge on any atom is -0.256 e. The van der Waals surface area contributed by atoms with Gasteiger partial charge in [-0.05, 0) is 12.8 Å². The van der Waals surface area contributed by atoms with Crippen LogP contribution in [-0.4, -0.2) is 15.3 Å². The summed E-state index contributed by atoms with van der Waals surface area (Å²) in [5.41, 5.74) is 0.994. The van der Waals surface area contributed by atoms with Crippen LogP contribution in [0.2, 0.25) is 5.15 Å². The Balaban J connectivity index is 2.52. The van der Waals surface area contributed by atoms with E-state index < -0.39 is 0 Å². The molecule has 0 aliphatic heterocycles. The van der Waals surface area contributed by atoms with E-state index in [1.807, 2.05) is 0 Å². The Morgan fingerprint density at radius 2 is 2.18 bits per heavy atom. The molecule has 1 aromatic rings. The number of aryl methyl sites for hydroxylation is 1. The van der Waals surface area contributed by atoms with Crippen LogP contribution in [0.5, 0.6) is 0 Å². The summed E-state index contributed by atoms with van der Waals surface area (Å²) in [6, 6.07) is 0. The fourth-order valence-electron chi connectivity index (χ4n) is 0.716. The third-order valence-corrected chi connectivity index (χ3v) is 2.00. The third-order valence-electron chi connectivity index (χ3n) is 1.24. The third kappa shape index (κ3) is 3.16. The van der Waals surface area contributed by atoms with Crippen molar-refractivity contribution in [2.75, 3.05) is 5.33 Å².